The number of hydrogen-bond acceptors (Lipinski definition) is 3. The third kappa shape index (κ3) is 4.42. The minimum atomic E-state index is -0.500. The van der Waals surface area contributed by atoms with E-state index in [1.165, 1.54) is 0 Å². The number of rotatable bonds is 6. The summed E-state index contributed by atoms with van der Waals surface area (Å²) >= 11 is 0. The number of nitrogens with one attached hydrogen (secondary N) is 1. The van der Waals surface area contributed by atoms with E-state index in [0.717, 1.165) is 29.7 Å². The van der Waals surface area contributed by atoms with Crippen molar-refractivity contribution in [1.29, 1.82) is 0 Å². The van der Waals surface area contributed by atoms with E-state index in [2.05, 4.69) is 5.32 Å². The number of aryl methyl sites for hydroxylation is 2. The Kier molecular flexibility index (Phi) is 5.92. The molecule has 0 fully saturated rings. The van der Waals surface area contributed by atoms with E-state index in [4.69, 9.17) is 4.74 Å². The van der Waals surface area contributed by atoms with Crippen molar-refractivity contribution < 1.29 is 14.3 Å². The number of amides is 1. The Hall–Kier alpha value is -2.62. The van der Waals surface area contributed by atoms with Crippen molar-refractivity contribution in [2.75, 3.05) is 11.9 Å². The van der Waals surface area contributed by atoms with Crippen molar-refractivity contribution in [2.45, 2.75) is 26.7 Å². The number of benzene rings is 2. The second-order valence-electron chi connectivity index (χ2n) is 5.15. The standard InChI is InChI=1S/C19H21NO3/c1-3-14-11-8-12-15(4-2)18(14)20-17(21)13-23-19(22)16-9-6-5-7-10-16/h5-12H,3-4,13H2,1-2H3,(H,20,21). The first-order chi connectivity index (χ1) is 11.2. The average molecular weight is 311 g/mol. The van der Waals surface area contributed by atoms with Crippen molar-refractivity contribution in [3.63, 3.8) is 0 Å². The number of anilines is 1. The van der Waals surface area contributed by atoms with E-state index < -0.39 is 5.97 Å². The number of esters is 1. The smallest absolute Gasteiger partial charge is 0.338 e. The first kappa shape index (κ1) is 16.7. The lowest BCUT2D eigenvalue weighted by Crippen LogP contribution is -2.22. The second kappa shape index (κ2) is 8.13. The highest BCUT2D eigenvalue weighted by Crippen LogP contribution is 2.22. The van der Waals surface area contributed by atoms with Crippen molar-refractivity contribution >= 4 is 17.6 Å². The summed E-state index contributed by atoms with van der Waals surface area (Å²) in [5.74, 6) is -0.829. The van der Waals surface area contributed by atoms with Gasteiger partial charge in [-0.25, -0.2) is 4.79 Å². The second-order valence-corrected chi connectivity index (χ2v) is 5.15. The maximum atomic E-state index is 12.1. The number of ether oxygens (including phenoxy) is 1. The van der Waals surface area contributed by atoms with Crippen LogP contribution in [0.4, 0.5) is 5.69 Å². The van der Waals surface area contributed by atoms with E-state index in [0.29, 0.717) is 5.56 Å². The van der Waals surface area contributed by atoms with Gasteiger partial charge in [-0.1, -0.05) is 50.2 Å². The minimum Gasteiger partial charge on any atom is -0.452 e. The first-order valence-corrected chi connectivity index (χ1v) is 7.78. The molecule has 120 valence electrons. The highest BCUT2D eigenvalue weighted by Gasteiger charge is 2.13. The van der Waals surface area contributed by atoms with Crippen LogP contribution >= 0.6 is 0 Å². The molecule has 0 aliphatic heterocycles. The van der Waals surface area contributed by atoms with Gasteiger partial charge < -0.3 is 10.1 Å². The summed E-state index contributed by atoms with van der Waals surface area (Å²) in [5.41, 5.74) is 3.42. The largest absolute Gasteiger partial charge is 0.452 e. The maximum absolute atomic E-state index is 12.1. The van der Waals surface area contributed by atoms with Gasteiger partial charge in [-0.05, 0) is 36.1 Å². The Bertz CT molecular complexity index is 658. The van der Waals surface area contributed by atoms with Crippen LogP contribution in [0.1, 0.15) is 35.3 Å². The zero-order chi connectivity index (χ0) is 16.7. The fourth-order valence-corrected chi connectivity index (χ4v) is 2.37. The molecule has 0 saturated heterocycles. The molecule has 4 heteroatoms. The van der Waals surface area contributed by atoms with Gasteiger partial charge in [0.05, 0.1) is 5.56 Å². The summed E-state index contributed by atoms with van der Waals surface area (Å²) in [5, 5.41) is 2.87. The molecule has 1 amide bonds. The molecule has 1 N–H and O–H groups in total. The molecule has 0 saturated carbocycles. The van der Waals surface area contributed by atoms with Gasteiger partial charge in [0.2, 0.25) is 0 Å². The van der Waals surface area contributed by atoms with Gasteiger partial charge in [0.15, 0.2) is 6.61 Å². The van der Waals surface area contributed by atoms with Gasteiger partial charge in [0, 0.05) is 5.69 Å². The van der Waals surface area contributed by atoms with Crippen LogP contribution in [0.15, 0.2) is 48.5 Å². The third-order valence-corrected chi connectivity index (χ3v) is 3.61. The van der Waals surface area contributed by atoms with Gasteiger partial charge in [-0.3, -0.25) is 4.79 Å². The molecular weight excluding hydrogens is 290 g/mol. The predicted molar refractivity (Wildman–Crippen MR) is 90.6 cm³/mol. The Balaban J connectivity index is 1.99. The van der Waals surface area contributed by atoms with Crippen LogP contribution in [-0.2, 0) is 22.4 Å². The van der Waals surface area contributed by atoms with Gasteiger partial charge in [-0.15, -0.1) is 0 Å². The van der Waals surface area contributed by atoms with E-state index >= 15 is 0 Å². The molecule has 0 unspecified atom stereocenters. The van der Waals surface area contributed by atoms with Crippen LogP contribution < -0.4 is 5.32 Å². The van der Waals surface area contributed by atoms with Crippen LogP contribution in [0.2, 0.25) is 0 Å². The normalized spacial score (nSPS) is 10.2. The van der Waals surface area contributed by atoms with Gasteiger partial charge in [0.1, 0.15) is 0 Å². The Labute approximate surface area is 136 Å². The van der Waals surface area contributed by atoms with E-state index in [9.17, 15) is 9.59 Å². The van der Waals surface area contributed by atoms with Crippen molar-refractivity contribution in [3.8, 4) is 0 Å². The molecule has 0 heterocycles. The van der Waals surface area contributed by atoms with E-state index in [1.807, 2.05) is 38.1 Å². The highest BCUT2D eigenvalue weighted by molar-refractivity contribution is 5.96. The topological polar surface area (TPSA) is 55.4 Å². The molecule has 0 radical (unpaired) electrons. The van der Waals surface area contributed by atoms with Gasteiger partial charge in [-0.2, -0.15) is 0 Å². The van der Waals surface area contributed by atoms with Crippen LogP contribution in [0.3, 0.4) is 0 Å². The zero-order valence-electron chi connectivity index (χ0n) is 13.5. The van der Waals surface area contributed by atoms with Gasteiger partial charge >= 0.3 is 5.97 Å². The molecule has 0 bridgehead atoms. The van der Waals surface area contributed by atoms with Gasteiger partial charge in [0.25, 0.3) is 5.91 Å². The van der Waals surface area contributed by atoms with Crippen LogP contribution in [0, 0.1) is 0 Å². The molecule has 0 aromatic heterocycles. The molecular formula is C19H21NO3. The summed E-state index contributed by atoms with van der Waals surface area (Å²) < 4.78 is 5.06. The monoisotopic (exact) mass is 311 g/mol. The number of para-hydroxylation sites is 1. The molecule has 23 heavy (non-hydrogen) atoms. The molecule has 2 aromatic carbocycles. The number of carbonyl (C=O) groups is 2. The Morgan fingerprint density at radius 2 is 1.52 bits per heavy atom. The summed E-state index contributed by atoms with van der Waals surface area (Å²) in [7, 11) is 0. The maximum Gasteiger partial charge on any atom is 0.338 e. The summed E-state index contributed by atoms with van der Waals surface area (Å²) in [6.45, 7) is 3.79. The SMILES string of the molecule is CCc1cccc(CC)c1NC(=O)COC(=O)c1ccccc1. The van der Waals surface area contributed by atoms with Crippen LogP contribution in [0.25, 0.3) is 0 Å². The van der Waals surface area contributed by atoms with E-state index in [1.54, 1.807) is 24.3 Å². The Morgan fingerprint density at radius 3 is 2.09 bits per heavy atom. The average Bonchev–Trinajstić information content (AvgIpc) is 2.60. The zero-order valence-corrected chi connectivity index (χ0v) is 13.5. The van der Waals surface area contributed by atoms with E-state index in [-0.39, 0.29) is 12.5 Å². The molecule has 0 aliphatic carbocycles. The first-order valence-electron chi connectivity index (χ1n) is 7.78. The lowest BCUT2D eigenvalue weighted by Gasteiger charge is -2.14. The summed E-state index contributed by atoms with van der Waals surface area (Å²) in [6.07, 6.45) is 1.65. The van der Waals surface area contributed by atoms with Crippen LogP contribution in [0.5, 0.6) is 0 Å². The molecule has 2 aromatic rings. The molecule has 0 aliphatic rings. The molecule has 0 spiro atoms. The molecule has 0 atom stereocenters. The van der Waals surface area contributed by atoms with Crippen molar-refractivity contribution in [2.24, 2.45) is 0 Å². The number of hydrogen-bond donors (Lipinski definition) is 1. The Morgan fingerprint density at radius 1 is 0.913 bits per heavy atom. The molecule has 2 rings (SSSR count). The minimum absolute atomic E-state index is 0.297. The van der Waals surface area contributed by atoms with Crippen molar-refractivity contribution in [1.82, 2.24) is 0 Å². The summed E-state index contributed by atoms with van der Waals surface area (Å²) in [4.78, 5) is 23.9. The third-order valence-electron chi connectivity index (χ3n) is 3.61. The fraction of sp³-hybridized carbons (Fsp3) is 0.263. The van der Waals surface area contributed by atoms with Crippen molar-refractivity contribution in [3.05, 3.63) is 65.2 Å². The predicted octanol–water partition coefficient (Wildman–Crippen LogP) is 3.61. The lowest BCUT2D eigenvalue weighted by atomic mass is 10.0. The van der Waals surface area contributed by atoms with Crippen LogP contribution in [-0.4, -0.2) is 18.5 Å². The lowest BCUT2D eigenvalue weighted by molar-refractivity contribution is -0.119. The summed E-state index contributed by atoms with van der Waals surface area (Å²) in [6, 6.07) is 14.6. The quantitative estimate of drug-likeness (QED) is 0.829. The fourth-order valence-electron chi connectivity index (χ4n) is 2.37. The highest BCUT2D eigenvalue weighted by atomic mass is 16.5. The molecule has 4 nitrogen and oxygen atoms in total. The number of carbonyl (C=O) groups excluding carboxylic acids is 2.